The summed E-state index contributed by atoms with van der Waals surface area (Å²) in [7, 11) is 0. The van der Waals surface area contributed by atoms with Gasteiger partial charge in [-0.15, -0.1) is 0 Å². The van der Waals surface area contributed by atoms with Crippen LogP contribution in [0, 0.1) is 0 Å². The molecule has 0 spiro atoms. The molecule has 8 aromatic carbocycles. The molecular weight excluding hydrogens is 697 g/mol. The fourth-order valence-electron chi connectivity index (χ4n) is 8.57. The second-order valence-corrected chi connectivity index (χ2v) is 14.1. The Morgan fingerprint density at radius 3 is 1.61 bits per heavy atom. The van der Waals surface area contributed by atoms with Crippen LogP contribution in [-0.4, -0.2) is 41.3 Å². The monoisotopic (exact) mass is 730 g/mol. The van der Waals surface area contributed by atoms with Crippen molar-refractivity contribution < 1.29 is 25.5 Å². The Hall–Kier alpha value is -7.48. The zero-order valence-corrected chi connectivity index (χ0v) is 30.0. The van der Waals surface area contributed by atoms with E-state index in [4.69, 9.17) is 0 Å². The van der Waals surface area contributed by atoms with Crippen molar-refractivity contribution in [3.8, 4) is 16.8 Å². The minimum Gasteiger partial charge on any atom is -0.506 e. The number of hydrogen-bond acceptors (Lipinski definition) is 5. The molecule has 0 atom stereocenters. The average Bonchev–Trinajstić information content (AvgIpc) is 3.78. The number of benzene rings is 8. The summed E-state index contributed by atoms with van der Waals surface area (Å²) in [6.45, 7) is 3.16. The molecule has 2 heterocycles. The molecule has 0 bridgehead atoms. The maximum Gasteiger partial charge on any atom is 0.206 e. The number of nitrogens with zero attached hydrogens (tertiary/aromatic N) is 2. The Labute approximate surface area is 320 Å². The van der Waals surface area contributed by atoms with E-state index in [1.165, 1.54) is 32.3 Å². The van der Waals surface area contributed by atoms with Crippen LogP contribution in [0.5, 0.6) is 0 Å². The van der Waals surface area contributed by atoms with Gasteiger partial charge < -0.3 is 34.7 Å². The number of para-hydroxylation sites is 2. The second-order valence-electron chi connectivity index (χ2n) is 14.1. The lowest BCUT2D eigenvalue weighted by molar-refractivity contribution is 0.213. The summed E-state index contributed by atoms with van der Waals surface area (Å²) in [4.78, 5) is 0. The van der Waals surface area contributed by atoms with E-state index in [0.29, 0.717) is 11.0 Å². The van der Waals surface area contributed by atoms with E-state index in [9.17, 15) is 25.5 Å². The van der Waals surface area contributed by atoms with Gasteiger partial charge in [-0.1, -0.05) is 116 Å². The zero-order chi connectivity index (χ0) is 38.2. The first kappa shape index (κ1) is 33.1. The number of aromatic nitrogens is 2. The topological polar surface area (TPSA) is 111 Å². The van der Waals surface area contributed by atoms with Gasteiger partial charge in [0, 0.05) is 27.2 Å². The van der Waals surface area contributed by atoms with Crippen molar-refractivity contribution in [3.63, 3.8) is 0 Å². The highest BCUT2D eigenvalue weighted by molar-refractivity contribution is 6.29. The van der Waals surface area contributed by atoms with Gasteiger partial charge in [0.05, 0.1) is 27.8 Å². The number of fused-ring (bicyclic) bond motifs is 13. The molecule has 7 nitrogen and oxygen atoms in total. The molecule has 56 heavy (non-hydrogen) atoms. The molecule has 2 aromatic heterocycles. The van der Waals surface area contributed by atoms with Gasteiger partial charge in [-0.25, -0.2) is 0 Å². The molecule has 0 aliphatic carbocycles. The van der Waals surface area contributed by atoms with Gasteiger partial charge in [0.1, 0.15) is 6.61 Å². The molecule has 0 aliphatic heterocycles. The third-order valence-corrected chi connectivity index (χ3v) is 11.1. The first-order valence-electron chi connectivity index (χ1n) is 18.3. The van der Waals surface area contributed by atoms with Gasteiger partial charge in [0.25, 0.3) is 0 Å². The fourth-order valence-corrected chi connectivity index (χ4v) is 8.57. The van der Waals surface area contributed by atoms with Gasteiger partial charge in [0.15, 0.2) is 11.5 Å². The van der Waals surface area contributed by atoms with Crippen LogP contribution in [0.15, 0.2) is 181 Å². The summed E-state index contributed by atoms with van der Waals surface area (Å²) in [5.41, 5.74) is 6.61. The first-order valence-corrected chi connectivity index (χ1v) is 18.3. The summed E-state index contributed by atoms with van der Waals surface area (Å²) in [5.74, 6) is -3.67. The highest BCUT2D eigenvalue weighted by atomic mass is 16.4. The van der Waals surface area contributed by atoms with Crippen LogP contribution in [-0.2, 0) is 0 Å². The van der Waals surface area contributed by atoms with Crippen LogP contribution in [0.4, 0.5) is 0 Å². The normalized spacial score (nSPS) is 13.0. The summed E-state index contributed by atoms with van der Waals surface area (Å²) in [6, 6.07) is 52.6. The Morgan fingerprint density at radius 1 is 0.429 bits per heavy atom. The number of allylic oxidation sites excluding steroid dienone is 1. The highest BCUT2D eigenvalue weighted by Crippen LogP contribution is 2.43. The minimum absolute atomic E-state index is 0.0297. The molecule has 270 valence electrons. The molecule has 0 fully saturated rings. The summed E-state index contributed by atoms with van der Waals surface area (Å²) in [6.07, 6.45) is 0. The van der Waals surface area contributed by atoms with Crippen LogP contribution < -0.4 is 0 Å². The molecule has 5 N–H and O–H groups in total. The maximum atomic E-state index is 11.1. The number of hydrogen-bond donors (Lipinski definition) is 5. The summed E-state index contributed by atoms with van der Waals surface area (Å²) < 4.78 is 4.00. The Kier molecular flexibility index (Phi) is 7.42. The third-order valence-electron chi connectivity index (χ3n) is 11.1. The maximum absolute atomic E-state index is 11.1. The van der Waals surface area contributed by atoms with Crippen LogP contribution in [0.25, 0.3) is 98.4 Å². The Morgan fingerprint density at radius 2 is 0.946 bits per heavy atom. The van der Waals surface area contributed by atoms with Crippen LogP contribution in [0.3, 0.4) is 0 Å². The van der Waals surface area contributed by atoms with Crippen molar-refractivity contribution in [1.82, 2.24) is 9.13 Å². The predicted octanol–water partition coefficient (Wildman–Crippen LogP) is 12.1. The highest BCUT2D eigenvalue weighted by Gasteiger charge is 2.24. The second kappa shape index (κ2) is 12.6. The van der Waals surface area contributed by atoms with E-state index in [1.54, 1.807) is 4.57 Å². The molecule has 7 heteroatoms. The van der Waals surface area contributed by atoms with E-state index < -0.39 is 29.6 Å². The Balaban J connectivity index is 1.19. The lowest BCUT2D eigenvalue weighted by atomic mass is 9.92. The molecule has 0 unspecified atom stereocenters. The van der Waals surface area contributed by atoms with Crippen molar-refractivity contribution in [3.05, 3.63) is 181 Å². The van der Waals surface area contributed by atoms with Crippen molar-refractivity contribution in [1.29, 1.82) is 0 Å². The molecule has 10 rings (SSSR count). The quantitative estimate of drug-likeness (QED) is 0.0664. The van der Waals surface area contributed by atoms with Crippen molar-refractivity contribution in [2.45, 2.75) is 0 Å². The molecule has 0 amide bonds. The van der Waals surface area contributed by atoms with Gasteiger partial charge >= 0.3 is 0 Å². The molecule has 0 aliphatic rings. The molecule has 0 saturated carbocycles. The largest absolute Gasteiger partial charge is 0.506 e. The smallest absolute Gasteiger partial charge is 0.206 e. The molecule has 0 radical (unpaired) electrons. The van der Waals surface area contributed by atoms with Crippen LogP contribution in [0.1, 0.15) is 0 Å². The van der Waals surface area contributed by atoms with Gasteiger partial charge in [-0.05, 0) is 85.9 Å². The lowest BCUT2D eigenvalue weighted by Crippen LogP contribution is -2.06. The number of aliphatic hydroxyl groups excluding tert-OH is 5. The van der Waals surface area contributed by atoms with Crippen LogP contribution >= 0.6 is 0 Å². The van der Waals surface area contributed by atoms with E-state index >= 15 is 0 Å². The molecule has 0 saturated heterocycles. The molecular formula is C49H34N2O5. The van der Waals surface area contributed by atoms with Gasteiger partial charge in [0.2, 0.25) is 11.5 Å². The van der Waals surface area contributed by atoms with Crippen molar-refractivity contribution in [2.24, 2.45) is 0 Å². The SMILES string of the molecule is C=C(/C(O)=C(O)\C(O)=C(\O)CO)n1c2ccccc2c2c3c4ccccc4n(-c4cccc(-c5ccc6c7ccccc7c7ccccc7c6c5)c4)c3ccc21. The first-order chi connectivity index (χ1) is 27.4. The third kappa shape index (κ3) is 4.75. The minimum atomic E-state index is -1.04. The van der Waals surface area contributed by atoms with E-state index in [1.807, 2.05) is 42.5 Å². The van der Waals surface area contributed by atoms with Gasteiger partial charge in [-0.3, -0.25) is 0 Å². The average molecular weight is 731 g/mol. The summed E-state index contributed by atoms with van der Waals surface area (Å²) >= 11 is 0. The predicted molar refractivity (Wildman–Crippen MR) is 229 cm³/mol. The fraction of sp³-hybridized carbons (Fsp3) is 0.0204. The lowest BCUT2D eigenvalue weighted by Gasteiger charge is -2.14. The number of aliphatic hydroxyl groups is 5. The van der Waals surface area contributed by atoms with E-state index in [2.05, 4.69) is 120 Å². The van der Waals surface area contributed by atoms with Crippen LogP contribution in [0.2, 0.25) is 0 Å². The summed E-state index contributed by atoms with van der Waals surface area (Å²) in [5, 5.41) is 62.4. The van der Waals surface area contributed by atoms with Gasteiger partial charge in [-0.2, -0.15) is 0 Å². The zero-order valence-electron chi connectivity index (χ0n) is 30.0. The van der Waals surface area contributed by atoms with Crippen molar-refractivity contribution in [2.75, 3.05) is 6.61 Å². The standard InChI is InChI=1S/C49H34N2O5/c1-28(47(54)49(56)48(55)44(53)27-52)50-40-19-8-6-17-37(40)45-42(50)23-24-43-46(45)38-18-7-9-20-41(38)51(43)31-12-10-11-29(25-31)30-21-22-36-34-15-3-2-13-32(34)33-14-4-5-16-35(33)39(36)26-30/h2-26,52-56H,1,27H2/b48-44-,49-47-. The number of rotatable bonds is 6. The Bertz CT molecular complexity index is 3330. The van der Waals surface area contributed by atoms with Crippen molar-refractivity contribution >= 4 is 81.6 Å². The van der Waals surface area contributed by atoms with E-state index in [-0.39, 0.29) is 5.70 Å². The van der Waals surface area contributed by atoms with E-state index in [0.717, 1.165) is 49.4 Å². The molecule has 10 aromatic rings.